The molecule has 0 radical (unpaired) electrons. The molecule has 10 heteroatoms. The minimum Gasteiger partial charge on any atom is -0.444 e. The Morgan fingerprint density at radius 3 is 2.76 bits per heavy atom. The average molecular weight is 485 g/mol. The second-order valence-corrected chi connectivity index (χ2v) is 9.59. The molecular formula is C19H23BrClN5O3. The Hall–Kier alpha value is -1.92. The average Bonchev–Trinajstić information content (AvgIpc) is 2.63. The fourth-order valence-corrected chi connectivity index (χ4v) is 4.19. The van der Waals surface area contributed by atoms with Crippen LogP contribution in [0, 0.1) is 11.3 Å². The van der Waals surface area contributed by atoms with Crippen molar-refractivity contribution >= 4 is 45.2 Å². The summed E-state index contributed by atoms with van der Waals surface area (Å²) < 4.78 is 5.49. The van der Waals surface area contributed by atoms with Crippen LogP contribution < -0.4 is 4.90 Å². The first kappa shape index (κ1) is 21.8. The number of ether oxygens (including phenoxy) is 1. The van der Waals surface area contributed by atoms with E-state index >= 15 is 0 Å². The number of rotatable bonds is 2. The number of nitrogens with zero attached hydrogens (tertiary/aromatic N) is 5. The molecule has 2 heterocycles. The predicted molar refractivity (Wildman–Crippen MR) is 112 cm³/mol. The fourth-order valence-electron chi connectivity index (χ4n) is 3.58. The summed E-state index contributed by atoms with van der Waals surface area (Å²) in [5, 5.41) is 9.28. The fraction of sp³-hybridized carbons (Fsp3) is 0.632. The van der Waals surface area contributed by atoms with Gasteiger partial charge in [-0.15, -0.1) is 0 Å². The number of carbonyl (C=O) groups is 2. The standard InChI is InChI=1S/C19H23BrClN5O3/c1-19(2,3)29-18(28)26-9-8-25(10-11(26)6-7-22)16-12-4-5-13(20)15(27)14(12)23-17(21)24-16/h11,13H,4-6,8-10H2,1-3H3. The van der Waals surface area contributed by atoms with Crippen LogP contribution in [-0.4, -0.2) is 62.8 Å². The van der Waals surface area contributed by atoms with Gasteiger partial charge in [-0.3, -0.25) is 4.79 Å². The lowest BCUT2D eigenvalue weighted by Gasteiger charge is -2.42. The predicted octanol–water partition coefficient (Wildman–Crippen LogP) is 3.36. The molecule has 1 amide bonds. The summed E-state index contributed by atoms with van der Waals surface area (Å²) in [7, 11) is 0. The molecule has 29 heavy (non-hydrogen) atoms. The number of piperazine rings is 1. The lowest BCUT2D eigenvalue weighted by atomic mass is 9.94. The number of carbonyl (C=O) groups excluding carboxylic acids is 2. The van der Waals surface area contributed by atoms with Crippen molar-refractivity contribution in [1.29, 1.82) is 5.26 Å². The molecule has 3 rings (SSSR count). The van der Waals surface area contributed by atoms with Crippen LogP contribution in [-0.2, 0) is 11.2 Å². The van der Waals surface area contributed by atoms with Gasteiger partial charge in [0.05, 0.1) is 23.4 Å². The highest BCUT2D eigenvalue weighted by Crippen LogP contribution is 2.33. The van der Waals surface area contributed by atoms with E-state index in [1.807, 2.05) is 25.7 Å². The smallest absolute Gasteiger partial charge is 0.410 e. The van der Waals surface area contributed by atoms with Crippen molar-refractivity contribution < 1.29 is 14.3 Å². The van der Waals surface area contributed by atoms with Gasteiger partial charge in [0.1, 0.15) is 17.1 Å². The third kappa shape index (κ3) is 4.81. The zero-order valence-electron chi connectivity index (χ0n) is 16.6. The maximum Gasteiger partial charge on any atom is 0.410 e. The number of amides is 1. The summed E-state index contributed by atoms with van der Waals surface area (Å²) in [5.74, 6) is 0.511. The molecule has 1 aromatic rings. The number of alkyl halides is 1. The summed E-state index contributed by atoms with van der Waals surface area (Å²) in [6.07, 6.45) is 1.04. The molecule has 0 aromatic carbocycles. The number of anilines is 1. The van der Waals surface area contributed by atoms with Gasteiger partial charge >= 0.3 is 6.09 Å². The Labute approximate surface area is 183 Å². The first-order valence-corrected chi connectivity index (χ1v) is 10.8. The van der Waals surface area contributed by atoms with Crippen molar-refractivity contribution in [3.8, 4) is 6.07 Å². The first-order valence-electron chi connectivity index (χ1n) is 9.47. The third-order valence-electron chi connectivity index (χ3n) is 4.86. The number of Topliss-reactive ketones (excluding diaryl/α,β-unsaturated/α-hetero) is 1. The van der Waals surface area contributed by atoms with E-state index in [2.05, 4.69) is 32.0 Å². The van der Waals surface area contributed by atoms with Crippen LogP contribution in [0.1, 0.15) is 49.7 Å². The van der Waals surface area contributed by atoms with Gasteiger partial charge in [-0.05, 0) is 45.2 Å². The van der Waals surface area contributed by atoms with Gasteiger partial charge in [0.15, 0.2) is 5.78 Å². The molecule has 0 bridgehead atoms. The van der Waals surface area contributed by atoms with E-state index in [0.29, 0.717) is 44.0 Å². The van der Waals surface area contributed by atoms with Crippen LogP contribution in [0.2, 0.25) is 5.28 Å². The van der Waals surface area contributed by atoms with E-state index in [1.165, 1.54) is 0 Å². The van der Waals surface area contributed by atoms with Gasteiger partial charge in [0, 0.05) is 25.2 Å². The van der Waals surface area contributed by atoms with Crippen molar-refractivity contribution in [2.75, 3.05) is 24.5 Å². The van der Waals surface area contributed by atoms with Crippen molar-refractivity contribution in [1.82, 2.24) is 14.9 Å². The second kappa shape index (κ2) is 8.44. The van der Waals surface area contributed by atoms with Crippen LogP contribution in [0.5, 0.6) is 0 Å². The number of ketones is 1. The molecule has 1 aromatic heterocycles. The van der Waals surface area contributed by atoms with Crippen molar-refractivity contribution in [2.24, 2.45) is 0 Å². The van der Waals surface area contributed by atoms with Crippen molar-refractivity contribution in [3.63, 3.8) is 0 Å². The molecule has 1 fully saturated rings. The minimum atomic E-state index is -0.614. The van der Waals surface area contributed by atoms with Crippen LogP contribution in [0.3, 0.4) is 0 Å². The Bertz CT molecular complexity index is 867. The summed E-state index contributed by atoms with van der Waals surface area (Å²) in [6, 6.07) is 1.80. The molecule has 8 nitrogen and oxygen atoms in total. The summed E-state index contributed by atoms with van der Waals surface area (Å²) in [4.78, 5) is 37.0. The van der Waals surface area contributed by atoms with E-state index in [4.69, 9.17) is 16.3 Å². The zero-order chi connectivity index (χ0) is 21.3. The number of hydrogen-bond donors (Lipinski definition) is 0. The SMILES string of the molecule is CC(C)(C)OC(=O)N1CCN(c2nc(Cl)nc3c2CCC(Br)C3=O)CC1CC#N. The molecule has 0 N–H and O–H groups in total. The lowest BCUT2D eigenvalue weighted by molar-refractivity contribution is 0.0145. The number of hydrogen-bond acceptors (Lipinski definition) is 7. The molecule has 2 aliphatic rings. The third-order valence-corrected chi connectivity index (χ3v) is 5.90. The van der Waals surface area contributed by atoms with Gasteiger partial charge in [0.25, 0.3) is 0 Å². The molecule has 0 saturated carbocycles. The topological polar surface area (TPSA) is 99.4 Å². The normalized spacial score (nSPS) is 22.1. The summed E-state index contributed by atoms with van der Waals surface area (Å²) >= 11 is 9.50. The van der Waals surface area contributed by atoms with Crippen LogP contribution >= 0.6 is 27.5 Å². The maximum absolute atomic E-state index is 12.6. The Balaban J connectivity index is 1.87. The van der Waals surface area contributed by atoms with E-state index in [0.717, 1.165) is 5.56 Å². The van der Waals surface area contributed by atoms with Crippen LogP contribution in [0.4, 0.5) is 10.6 Å². The summed E-state index contributed by atoms with van der Waals surface area (Å²) in [5.41, 5.74) is 0.508. The van der Waals surface area contributed by atoms with Gasteiger partial charge in [-0.25, -0.2) is 14.8 Å². The first-order chi connectivity index (χ1) is 13.6. The zero-order valence-corrected chi connectivity index (χ0v) is 19.0. The van der Waals surface area contributed by atoms with Gasteiger partial charge in [-0.2, -0.15) is 5.26 Å². The highest BCUT2D eigenvalue weighted by molar-refractivity contribution is 9.10. The van der Waals surface area contributed by atoms with Crippen LogP contribution in [0.25, 0.3) is 0 Å². The molecule has 0 spiro atoms. The molecule has 2 atom stereocenters. The van der Waals surface area contributed by atoms with Gasteiger partial charge < -0.3 is 14.5 Å². The quantitative estimate of drug-likeness (QED) is 0.469. The Kier molecular flexibility index (Phi) is 6.34. The van der Waals surface area contributed by atoms with E-state index in [1.54, 1.807) is 4.90 Å². The number of fused-ring (bicyclic) bond motifs is 1. The highest BCUT2D eigenvalue weighted by atomic mass is 79.9. The number of halogens is 2. The van der Waals surface area contributed by atoms with Crippen LogP contribution in [0.15, 0.2) is 0 Å². The lowest BCUT2D eigenvalue weighted by Crippen LogP contribution is -2.56. The van der Waals surface area contributed by atoms with Crippen molar-refractivity contribution in [3.05, 3.63) is 16.5 Å². The van der Waals surface area contributed by atoms with E-state index < -0.39 is 11.7 Å². The van der Waals surface area contributed by atoms with E-state index in [9.17, 15) is 14.9 Å². The van der Waals surface area contributed by atoms with E-state index in [-0.39, 0.29) is 28.4 Å². The van der Waals surface area contributed by atoms with Gasteiger partial charge in [-0.1, -0.05) is 15.9 Å². The number of nitriles is 1. The monoisotopic (exact) mass is 483 g/mol. The molecule has 1 saturated heterocycles. The second-order valence-electron chi connectivity index (χ2n) is 8.15. The van der Waals surface area contributed by atoms with Gasteiger partial charge in [0.2, 0.25) is 5.28 Å². The number of aromatic nitrogens is 2. The molecular weight excluding hydrogens is 462 g/mol. The molecule has 2 unspecified atom stereocenters. The summed E-state index contributed by atoms with van der Waals surface area (Å²) in [6.45, 7) is 6.70. The maximum atomic E-state index is 12.6. The Morgan fingerprint density at radius 2 is 2.10 bits per heavy atom. The molecule has 156 valence electrons. The highest BCUT2D eigenvalue weighted by Gasteiger charge is 2.37. The Morgan fingerprint density at radius 1 is 1.38 bits per heavy atom. The van der Waals surface area contributed by atoms with Crippen molar-refractivity contribution in [2.45, 2.75) is 56.5 Å². The molecule has 1 aliphatic carbocycles. The minimum absolute atomic E-state index is 0.0140. The largest absolute Gasteiger partial charge is 0.444 e. The molecule has 1 aliphatic heterocycles.